The number of aliphatic imine (C=N–C) groups is 1. The Morgan fingerprint density at radius 2 is 2.15 bits per heavy atom. The fourth-order valence-corrected chi connectivity index (χ4v) is 3.12. The maximum atomic E-state index is 12.1. The van der Waals surface area contributed by atoms with E-state index in [4.69, 9.17) is 16.3 Å². The summed E-state index contributed by atoms with van der Waals surface area (Å²) >= 11 is 6.03. The number of amides is 1. The Labute approximate surface area is 177 Å². The molecule has 26 heavy (non-hydrogen) atoms. The third kappa shape index (κ3) is 6.92. The maximum absolute atomic E-state index is 12.1. The number of likely N-dealkylation sites (tertiary alicyclic amines) is 1. The van der Waals surface area contributed by atoms with E-state index in [0.717, 1.165) is 38.6 Å². The topological polar surface area (TPSA) is 66.0 Å². The van der Waals surface area contributed by atoms with Crippen LogP contribution in [0.25, 0.3) is 0 Å². The fraction of sp³-hybridized carbons (Fsp3) is 0.556. The van der Waals surface area contributed by atoms with E-state index in [1.54, 1.807) is 31.4 Å². The van der Waals surface area contributed by atoms with Gasteiger partial charge in [0.2, 0.25) is 0 Å². The molecular formula is C18H28ClIN4O2. The van der Waals surface area contributed by atoms with Crippen LogP contribution in [0.1, 0.15) is 23.7 Å². The monoisotopic (exact) mass is 494 g/mol. The lowest BCUT2D eigenvalue weighted by atomic mass is 10.1. The lowest BCUT2D eigenvalue weighted by molar-refractivity contribution is 0.0955. The number of ether oxygens (including phenoxy) is 1. The number of halogens is 2. The third-order valence-corrected chi connectivity index (χ3v) is 4.43. The molecule has 8 heteroatoms. The van der Waals surface area contributed by atoms with Crippen molar-refractivity contribution in [2.45, 2.75) is 13.3 Å². The molecule has 1 aliphatic rings. The van der Waals surface area contributed by atoms with Gasteiger partial charge in [0.1, 0.15) is 0 Å². The number of nitrogens with one attached hydrogen (secondary N) is 2. The minimum atomic E-state index is -0.174. The number of carbonyl (C=O) groups excluding carboxylic acids is 1. The van der Waals surface area contributed by atoms with Crippen molar-refractivity contribution in [2.24, 2.45) is 10.9 Å². The van der Waals surface area contributed by atoms with Gasteiger partial charge in [0.05, 0.1) is 23.7 Å². The van der Waals surface area contributed by atoms with Crippen molar-refractivity contribution in [2.75, 3.05) is 46.4 Å². The van der Waals surface area contributed by atoms with Gasteiger partial charge in [-0.05, 0) is 25.5 Å². The van der Waals surface area contributed by atoms with Crippen LogP contribution in [0, 0.1) is 5.92 Å². The summed E-state index contributed by atoms with van der Waals surface area (Å²) in [6.07, 6.45) is 1.11. The maximum Gasteiger partial charge on any atom is 0.252 e. The highest BCUT2D eigenvalue weighted by molar-refractivity contribution is 14.0. The smallest absolute Gasteiger partial charge is 0.252 e. The van der Waals surface area contributed by atoms with E-state index in [-0.39, 0.29) is 29.9 Å². The predicted octanol–water partition coefficient (Wildman–Crippen LogP) is 2.62. The van der Waals surface area contributed by atoms with E-state index in [0.29, 0.717) is 29.6 Å². The van der Waals surface area contributed by atoms with Gasteiger partial charge in [-0.25, -0.2) is 0 Å². The van der Waals surface area contributed by atoms with Gasteiger partial charge < -0.3 is 20.3 Å². The molecule has 2 rings (SSSR count). The number of methoxy groups -OCH3 is 1. The Bertz CT molecular complexity index is 600. The first-order valence-electron chi connectivity index (χ1n) is 8.70. The minimum absolute atomic E-state index is 0. The van der Waals surface area contributed by atoms with Gasteiger partial charge in [0, 0.05) is 39.2 Å². The lowest BCUT2D eigenvalue weighted by Crippen LogP contribution is -2.40. The average molecular weight is 495 g/mol. The van der Waals surface area contributed by atoms with E-state index >= 15 is 0 Å². The van der Waals surface area contributed by atoms with E-state index in [1.807, 2.05) is 0 Å². The van der Waals surface area contributed by atoms with Crippen molar-refractivity contribution < 1.29 is 9.53 Å². The Morgan fingerprint density at radius 1 is 1.38 bits per heavy atom. The van der Waals surface area contributed by atoms with Crippen molar-refractivity contribution in [1.82, 2.24) is 15.5 Å². The third-order valence-electron chi connectivity index (χ3n) is 4.10. The van der Waals surface area contributed by atoms with E-state index in [1.165, 1.54) is 0 Å². The highest BCUT2D eigenvalue weighted by atomic mass is 127. The second-order valence-electron chi connectivity index (χ2n) is 6.03. The van der Waals surface area contributed by atoms with Crippen LogP contribution in [0.15, 0.2) is 29.3 Å². The van der Waals surface area contributed by atoms with Gasteiger partial charge in [0.25, 0.3) is 5.91 Å². The Hall–Kier alpha value is -1.06. The molecule has 1 heterocycles. The molecule has 1 aromatic carbocycles. The van der Waals surface area contributed by atoms with Crippen LogP contribution in [0.4, 0.5) is 0 Å². The highest BCUT2D eigenvalue weighted by Crippen LogP contribution is 2.16. The van der Waals surface area contributed by atoms with E-state index in [9.17, 15) is 4.79 Å². The molecule has 146 valence electrons. The molecule has 1 unspecified atom stereocenters. The van der Waals surface area contributed by atoms with Crippen molar-refractivity contribution in [3.8, 4) is 0 Å². The van der Waals surface area contributed by atoms with Crippen LogP contribution in [0.5, 0.6) is 0 Å². The Balaban J connectivity index is 0.00000338. The Morgan fingerprint density at radius 3 is 2.85 bits per heavy atom. The molecule has 1 aliphatic heterocycles. The van der Waals surface area contributed by atoms with E-state index in [2.05, 4.69) is 27.4 Å². The standard InChI is InChI=1S/C18H27ClN4O2.HI/c1-3-20-18(23-11-8-14(12-23)13-25-2)22-10-9-21-17(24)15-6-4-5-7-16(15)19;/h4-7,14H,3,8-13H2,1-2H3,(H,20,22)(H,21,24);1H. The molecule has 6 nitrogen and oxygen atoms in total. The van der Waals surface area contributed by atoms with Crippen LogP contribution in [-0.2, 0) is 4.74 Å². The summed E-state index contributed by atoms with van der Waals surface area (Å²) < 4.78 is 5.25. The molecule has 0 spiro atoms. The summed E-state index contributed by atoms with van der Waals surface area (Å²) in [5.74, 6) is 1.27. The molecule has 2 N–H and O–H groups in total. The number of hydrogen-bond donors (Lipinski definition) is 2. The molecule has 1 aromatic rings. The van der Waals surface area contributed by atoms with Gasteiger partial charge in [-0.3, -0.25) is 9.79 Å². The summed E-state index contributed by atoms with van der Waals surface area (Å²) in [5, 5.41) is 6.63. The van der Waals surface area contributed by atoms with Gasteiger partial charge in [-0.1, -0.05) is 23.7 Å². The normalized spacial score (nSPS) is 17.0. The molecule has 0 saturated carbocycles. The van der Waals surface area contributed by atoms with Crippen molar-refractivity contribution >= 4 is 47.4 Å². The van der Waals surface area contributed by atoms with Crippen LogP contribution < -0.4 is 10.6 Å². The molecule has 1 saturated heterocycles. The molecule has 0 radical (unpaired) electrons. The van der Waals surface area contributed by atoms with Gasteiger partial charge >= 0.3 is 0 Å². The zero-order valence-electron chi connectivity index (χ0n) is 15.3. The number of rotatable bonds is 7. The largest absolute Gasteiger partial charge is 0.384 e. The quantitative estimate of drug-likeness (QED) is 0.265. The first kappa shape index (κ1) is 23.0. The molecule has 0 aromatic heterocycles. The number of hydrogen-bond acceptors (Lipinski definition) is 3. The number of benzene rings is 1. The molecule has 1 atom stereocenters. The molecule has 1 fully saturated rings. The van der Waals surface area contributed by atoms with Crippen LogP contribution in [0.2, 0.25) is 5.02 Å². The van der Waals surface area contributed by atoms with Crippen LogP contribution >= 0.6 is 35.6 Å². The average Bonchev–Trinajstić information content (AvgIpc) is 3.06. The highest BCUT2D eigenvalue weighted by Gasteiger charge is 2.24. The van der Waals surface area contributed by atoms with Crippen molar-refractivity contribution in [3.05, 3.63) is 34.9 Å². The van der Waals surface area contributed by atoms with Gasteiger partial charge in [-0.15, -0.1) is 24.0 Å². The Kier molecular flexibility index (Phi) is 10.9. The van der Waals surface area contributed by atoms with Crippen molar-refractivity contribution in [1.29, 1.82) is 0 Å². The van der Waals surface area contributed by atoms with Crippen LogP contribution in [-0.4, -0.2) is 63.2 Å². The minimum Gasteiger partial charge on any atom is -0.384 e. The van der Waals surface area contributed by atoms with Crippen molar-refractivity contribution in [3.63, 3.8) is 0 Å². The summed E-state index contributed by atoms with van der Waals surface area (Å²) in [6.45, 7) is 6.56. The fourth-order valence-electron chi connectivity index (χ4n) is 2.89. The summed E-state index contributed by atoms with van der Waals surface area (Å²) in [7, 11) is 1.74. The first-order chi connectivity index (χ1) is 12.2. The predicted molar refractivity (Wildman–Crippen MR) is 117 cm³/mol. The van der Waals surface area contributed by atoms with E-state index < -0.39 is 0 Å². The summed E-state index contributed by atoms with van der Waals surface area (Å²) in [5.41, 5.74) is 0.488. The first-order valence-corrected chi connectivity index (χ1v) is 9.08. The summed E-state index contributed by atoms with van der Waals surface area (Å²) in [4.78, 5) is 19.0. The summed E-state index contributed by atoms with van der Waals surface area (Å²) in [6, 6.07) is 7.03. The lowest BCUT2D eigenvalue weighted by Gasteiger charge is -2.21. The van der Waals surface area contributed by atoms with Gasteiger partial charge in [0.15, 0.2) is 5.96 Å². The second-order valence-corrected chi connectivity index (χ2v) is 6.43. The number of nitrogens with zero attached hydrogens (tertiary/aromatic N) is 2. The molecule has 0 bridgehead atoms. The second kappa shape index (κ2) is 12.3. The zero-order chi connectivity index (χ0) is 18.1. The number of carbonyl (C=O) groups is 1. The van der Waals surface area contributed by atoms with Crippen LogP contribution in [0.3, 0.4) is 0 Å². The SMILES string of the molecule is CCNC(=NCCNC(=O)c1ccccc1Cl)N1CCC(COC)C1.I. The molecule has 1 amide bonds. The zero-order valence-corrected chi connectivity index (χ0v) is 18.4. The number of guanidine groups is 1. The van der Waals surface area contributed by atoms with Gasteiger partial charge in [-0.2, -0.15) is 0 Å². The molecule has 0 aliphatic carbocycles. The molecular weight excluding hydrogens is 467 g/mol.